The van der Waals surface area contributed by atoms with E-state index < -0.39 is 0 Å². The second-order valence-corrected chi connectivity index (χ2v) is 7.52. The number of rotatable bonds is 4. The van der Waals surface area contributed by atoms with Crippen LogP contribution in [-0.2, 0) is 13.1 Å². The van der Waals surface area contributed by atoms with Crippen molar-refractivity contribution in [3.05, 3.63) is 12.2 Å². The summed E-state index contributed by atoms with van der Waals surface area (Å²) >= 11 is 0. The van der Waals surface area contributed by atoms with Crippen LogP contribution in [0.2, 0.25) is 0 Å². The van der Waals surface area contributed by atoms with Crippen LogP contribution in [0.15, 0.2) is 6.33 Å². The molecule has 1 aromatic rings. The van der Waals surface area contributed by atoms with Gasteiger partial charge in [0.1, 0.15) is 12.2 Å². The van der Waals surface area contributed by atoms with E-state index in [1.165, 1.54) is 0 Å². The Hall–Kier alpha value is -0.940. The molecule has 0 radical (unpaired) electrons. The molecule has 1 aliphatic heterocycles. The van der Waals surface area contributed by atoms with E-state index in [0.29, 0.717) is 6.04 Å². The van der Waals surface area contributed by atoms with Gasteiger partial charge in [-0.2, -0.15) is 5.10 Å². The lowest BCUT2D eigenvalue weighted by Crippen LogP contribution is -2.65. The van der Waals surface area contributed by atoms with Crippen LogP contribution in [0.3, 0.4) is 0 Å². The van der Waals surface area contributed by atoms with Crippen LogP contribution in [0.4, 0.5) is 0 Å². The number of hydrogen-bond donors (Lipinski definition) is 1. The summed E-state index contributed by atoms with van der Waals surface area (Å²) in [7, 11) is 0. The summed E-state index contributed by atoms with van der Waals surface area (Å²) in [6.45, 7) is 17.5. The Labute approximate surface area is 129 Å². The van der Waals surface area contributed by atoms with E-state index in [4.69, 9.17) is 0 Å². The molecule has 2 unspecified atom stereocenters. The molecule has 1 N–H and O–H groups in total. The van der Waals surface area contributed by atoms with Crippen LogP contribution in [0, 0.1) is 5.41 Å². The van der Waals surface area contributed by atoms with E-state index in [1.54, 1.807) is 6.33 Å². The van der Waals surface area contributed by atoms with Gasteiger partial charge in [-0.15, -0.1) is 0 Å². The lowest BCUT2D eigenvalue weighted by Gasteiger charge is -2.50. The molecular formula is C16H31N5. The average Bonchev–Trinajstić information content (AvgIpc) is 2.87. The van der Waals surface area contributed by atoms with Crippen LogP contribution in [-0.4, -0.2) is 44.3 Å². The van der Waals surface area contributed by atoms with Gasteiger partial charge in [0.2, 0.25) is 0 Å². The molecule has 21 heavy (non-hydrogen) atoms. The van der Waals surface area contributed by atoms with E-state index in [-0.39, 0.29) is 11.0 Å². The summed E-state index contributed by atoms with van der Waals surface area (Å²) in [5, 5.41) is 8.06. The third-order valence-corrected chi connectivity index (χ3v) is 5.03. The van der Waals surface area contributed by atoms with Gasteiger partial charge in [-0.1, -0.05) is 27.7 Å². The fraction of sp³-hybridized carbons (Fsp3) is 0.875. The molecule has 1 aromatic heterocycles. The molecule has 5 nitrogen and oxygen atoms in total. The SMILES string of the molecule is CCn1ncnc1CN1CC(C(C)(C)C)NCC1(C)CC. The molecule has 2 heterocycles. The molecule has 1 fully saturated rings. The van der Waals surface area contributed by atoms with E-state index in [9.17, 15) is 0 Å². The van der Waals surface area contributed by atoms with E-state index in [0.717, 1.165) is 38.4 Å². The Kier molecular flexibility index (Phi) is 4.73. The van der Waals surface area contributed by atoms with Crippen LogP contribution in [0.25, 0.3) is 0 Å². The van der Waals surface area contributed by atoms with Crippen LogP contribution in [0.5, 0.6) is 0 Å². The summed E-state index contributed by atoms with van der Waals surface area (Å²) in [5.41, 5.74) is 0.456. The largest absolute Gasteiger partial charge is 0.310 e. The summed E-state index contributed by atoms with van der Waals surface area (Å²) < 4.78 is 2.00. The number of aromatic nitrogens is 3. The highest BCUT2D eigenvalue weighted by Gasteiger charge is 2.40. The maximum Gasteiger partial charge on any atom is 0.141 e. The molecule has 0 saturated carbocycles. The van der Waals surface area contributed by atoms with Crippen molar-refractivity contribution in [3.63, 3.8) is 0 Å². The van der Waals surface area contributed by atoms with Gasteiger partial charge in [0.15, 0.2) is 0 Å². The lowest BCUT2D eigenvalue weighted by atomic mass is 9.81. The van der Waals surface area contributed by atoms with Crippen molar-refractivity contribution in [2.75, 3.05) is 13.1 Å². The van der Waals surface area contributed by atoms with Crippen molar-refractivity contribution in [2.24, 2.45) is 5.41 Å². The second-order valence-electron chi connectivity index (χ2n) is 7.52. The zero-order chi connectivity index (χ0) is 15.7. The molecule has 5 heteroatoms. The molecule has 0 aromatic carbocycles. The van der Waals surface area contributed by atoms with E-state index in [1.807, 2.05) is 4.68 Å². The topological polar surface area (TPSA) is 46.0 Å². The van der Waals surface area contributed by atoms with Gasteiger partial charge in [-0.05, 0) is 25.7 Å². The van der Waals surface area contributed by atoms with Gasteiger partial charge in [-0.25, -0.2) is 9.67 Å². The number of nitrogens with zero attached hydrogens (tertiary/aromatic N) is 4. The average molecular weight is 293 g/mol. The van der Waals surface area contributed by atoms with Crippen molar-refractivity contribution < 1.29 is 0 Å². The Morgan fingerprint density at radius 3 is 2.67 bits per heavy atom. The second kappa shape index (κ2) is 6.05. The van der Waals surface area contributed by atoms with Gasteiger partial charge in [-0.3, -0.25) is 4.90 Å². The first kappa shape index (κ1) is 16.4. The molecule has 0 bridgehead atoms. The first-order valence-corrected chi connectivity index (χ1v) is 8.15. The van der Waals surface area contributed by atoms with Gasteiger partial charge >= 0.3 is 0 Å². The minimum Gasteiger partial charge on any atom is -0.310 e. The lowest BCUT2D eigenvalue weighted by molar-refractivity contribution is 0.0130. The third-order valence-electron chi connectivity index (χ3n) is 5.03. The first-order valence-electron chi connectivity index (χ1n) is 8.15. The molecule has 120 valence electrons. The fourth-order valence-corrected chi connectivity index (χ4v) is 2.99. The molecular weight excluding hydrogens is 262 g/mol. The van der Waals surface area contributed by atoms with E-state index >= 15 is 0 Å². The summed E-state index contributed by atoms with van der Waals surface area (Å²) in [5.74, 6) is 1.08. The van der Waals surface area contributed by atoms with Gasteiger partial charge in [0.25, 0.3) is 0 Å². The molecule has 0 aliphatic carbocycles. The van der Waals surface area contributed by atoms with Crippen molar-refractivity contribution in [1.29, 1.82) is 0 Å². The van der Waals surface area contributed by atoms with Crippen LogP contribution >= 0.6 is 0 Å². The van der Waals surface area contributed by atoms with Crippen molar-refractivity contribution in [3.8, 4) is 0 Å². The maximum atomic E-state index is 4.46. The Morgan fingerprint density at radius 2 is 2.10 bits per heavy atom. The zero-order valence-corrected chi connectivity index (χ0v) is 14.5. The van der Waals surface area contributed by atoms with Gasteiger partial charge < -0.3 is 5.32 Å². The monoisotopic (exact) mass is 293 g/mol. The minimum atomic E-state index is 0.187. The smallest absolute Gasteiger partial charge is 0.141 e. The highest BCUT2D eigenvalue weighted by molar-refractivity contribution is 5.00. The zero-order valence-electron chi connectivity index (χ0n) is 14.5. The molecule has 2 rings (SSSR count). The standard InChI is InChI=1S/C16H31N5/c1-7-16(6)11-17-13(15(3,4)5)9-20(16)10-14-18-12-19-21(14)8-2/h12-13,17H,7-11H2,1-6H3. The summed E-state index contributed by atoms with van der Waals surface area (Å²) in [4.78, 5) is 7.05. The number of nitrogens with one attached hydrogen (secondary N) is 1. The molecule has 0 spiro atoms. The molecule has 2 atom stereocenters. The third kappa shape index (κ3) is 3.46. The highest BCUT2D eigenvalue weighted by Crippen LogP contribution is 2.30. The minimum absolute atomic E-state index is 0.187. The molecule has 1 aliphatic rings. The van der Waals surface area contributed by atoms with Crippen molar-refractivity contribution >= 4 is 0 Å². The number of aryl methyl sites for hydroxylation is 1. The van der Waals surface area contributed by atoms with Gasteiger partial charge in [0, 0.05) is 31.2 Å². The number of hydrogen-bond acceptors (Lipinski definition) is 4. The predicted molar refractivity (Wildman–Crippen MR) is 86.0 cm³/mol. The van der Waals surface area contributed by atoms with E-state index in [2.05, 4.69) is 61.8 Å². The summed E-state index contributed by atoms with van der Waals surface area (Å²) in [6, 6.07) is 0.509. The molecule has 1 saturated heterocycles. The van der Waals surface area contributed by atoms with Crippen LogP contribution in [0.1, 0.15) is 53.8 Å². The number of piperazine rings is 1. The summed E-state index contributed by atoms with van der Waals surface area (Å²) in [6.07, 6.45) is 2.81. The maximum absolute atomic E-state index is 4.46. The first-order chi connectivity index (χ1) is 9.80. The fourth-order valence-electron chi connectivity index (χ4n) is 2.99. The van der Waals surface area contributed by atoms with Crippen LogP contribution < -0.4 is 5.32 Å². The molecule has 0 amide bonds. The Balaban J connectivity index is 2.19. The highest BCUT2D eigenvalue weighted by atomic mass is 15.4. The Bertz CT molecular complexity index is 461. The van der Waals surface area contributed by atoms with Crippen molar-refractivity contribution in [1.82, 2.24) is 25.0 Å². The van der Waals surface area contributed by atoms with Gasteiger partial charge in [0.05, 0.1) is 6.54 Å². The van der Waals surface area contributed by atoms with Crippen molar-refractivity contribution in [2.45, 2.75) is 72.6 Å². The Morgan fingerprint density at radius 1 is 1.38 bits per heavy atom. The predicted octanol–water partition coefficient (Wildman–Crippen LogP) is 2.29. The quantitative estimate of drug-likeness (QED) is 0.925. The normalized spacial score (nSPS) is 28.0.